The smallest absolute Gasteiger partial charge is 0.238 e. The summed E-state index contributed by atoms with van der Waals surface area (Å²) in [7, 11) is 0. The zero-order valence-electron chi connectivity index (χ0n) is 11.6. The van der Waals surface area contributed by atoms with Crippen LogP contribution in [-0.4, -0.2) is 61.6 Å². The van der Waals surface area contributed by atoms with E-state index in [1.807, 2.05) is 11.0 Å². The molecule has 5 nitrogen and oxygen atoms in total. The van der Waals surface area contributed by atoms with Crippen LogP contribution in [0.1, 0.15) is 17.5 Å². The Labute approximate surface area is 123 Å². The highest BCUT2D eigenvalue weighted by molar-refractivity contribution is 7.10. The van der Waals surface area contributed by atoms with Crippen LogP contribution in [0.15, 0.2) is 17.5 Å². The molecule has 1 aromatic rings. The zero-order chi connectivity index (χ0) is 13.8. The third-order valence-corrected chi connectivity index (χ3v) is 4.79. The second-order valence-electron chi connectivity index (χ2n) is 5.19. The van der Waals surface area contributed by atoms with Crippen molar-refractivity contribution in [3.05, 3.63) is 22.4 Å². The monoisotopic (exact) mass is 295 g/mol. The van der Waals surface area contributed by atoms with Crippen LogP contribution < -0.4 is 5.32 Å². The number of amides is 1. The minimum atomic E-state index is 0.0761. The molecule has 0 bridgehead atoms. The van der Waals surface area contributed by atoms with Gasteiger partial charge in [-0.2, -0.15) is 0 Å². The van der Waals surface area contributed by atoms with Gasteiger partial charge in [0.15, 0.2) is 0 Å². The van der Waals surface area contributed by atoms with Crippen molar-refractivity contribution in [2.75, 3.05) is 45.9 Å². The Morgan fingerprint density at radius 1 is 1.35 bits per heavy atom. The van der Waals surface area contributed by atoms with Gasteiger partial charge in [-0.15, -0.1) is 11.3 Å². The first kappa shape index (κ1) is 14.0. The van der Waals surface area contributed by atoms with Gasteiger partial charge >= 0.3 is 0 Å². The molecule has 0 saturated carbocycles. The summed E-state index contributed by atoms with van der Waals surface area (Å²) in [6.45, 7) is 6.03. The summed E-state index contributed by atoms with van der Waals surface area (Å²) in [5.41, 5.74) is 0. The number of hydrogen-bond acceptors (Lipinski definition) is 5. The molecule has 0 spiro atoms. The molecule has 0 aliphatic carbocycles. The van der Waals surface area contributed by atoms with E-state index in [9.17, 15) is 4.79 Å². The summed E-state index contributed by atoms with van der Waals surface area (Å²) in [6, 6.07) is 4.13. The van der Waals surface area contributed by atoms with Crippen molar-refractivity contribution >= 4 is 17.2 Å². The van der Waals surface area contributed by atoms with E-state index in [1.54, 1.807) is 11.3 Å². The Balaban J connectivity index is 1.50. The Morgan fingerprint density at radius 2 is 2.20 bits per heavy atom. The number of nitrogens with one attached hydrogen (secondary N) is 1. The molecule has 0 aromatic carbocycles. The first-order valence-corrected chi connectivity index (χ1v) is 8.09. The average molecular weight is 295 g/mol. The first-order valence-electron chi connectivity index (χ1n) is 7.21. The van der Waals surface area contributed by atoms with Gasteiger partial charge < -0.3 is 9.64 Å². The normalized spacial score (nSPS) is 24.5. The molecule has 1 unspecified atom stereocenters. The van der Waals surface area contributed by atoms with Crippen LogP contribution in [0.25, 0.3) is 0 Å². The van der Waals surface area contributed by atoms with Crippen molar-refractivity contribution in [2.45, 2.75) is 12.6 Å². The molecule has 1 amide bonds. The molecule has 3 heterocycles. The largest absolute Gasteiger partial charge is 0.379 e. The molecule has 2 saturated heterocycles. The summed E-state index contributed by atoms with van der Waals surface area (Å²) in [6.07, 6.45) is 1.10. The van der Waals surface area contributed by atoms with Gasteiger partial charge in [0.05, 0.1) is 19.8 Å². The molecule has 2 fully saturated rings. The first-order chi connectivity index (χ1) is 9.84. The molecule has 2 aliphatic rings. The lowest BCUT2D eigenvalue weighted by Gasteiger charge is -2.28. The van der Waals surface area contributed by atoms with E-state index >= 15 is 0 Å². The lowest BCUT2D eigenvalue weighted by atomic mass is 10.3. The molecule has 110 valence electrons. The van der Waals surface area contributed by atoms with Gasteiger partial charge in [0.25, 0.3) is 0 Å². The third-order valence-electron chi connectivity index (χ3n) is 3.87. The number of nitrogens with zero attached hydrogens (tertiary/aromatic N) is 2. The summed E-state index contributed by atoms with van der Waals surface area (Å²) >= 11 is 1.70. The lowest BCUT2D eigenvalue weighted by Crippen LogP contribution is -2.38. The van der Waals surface area contributed by atoms with Gasteiger partial charge in [0, 0.05) is 31.1 Å². The SMILES string of the molecule is O=C1CNC(c2cccs2)N1CCCN1CCOCC1. The molecule has 6 heteroatoms. The zero-order valence-corrected chi connectivity index (χ0v) is 12.4. The lowest BCUT2D eigenvalue weighted by molar-refractivity contribution is -0.128. The highest BCUT2D eigenvalue weighted by atomic mass is 32.1. The molecular weight excluding hydrogens is 274 g/mol. The number of hydrogen-bond donors (Lipinski definition) is 1. The van der Waals surface area contributed by atoms with Gasteiger partial charge in [0.2, 0.25) is 5.91 Å². The van der Waals surface area contributed by atoms with Crippen LogP contribution in [0.2, 0.25) is 0 Å². The fourth-order valence-electron chi connectivity index (χ4n) is 2.78. The van der Waals surface area contributed by atoms with Gasteiger partial charge in [-0.3, -0.25) is 15.0 Å². The number of rotatable bonds is 5. The Hall–Kier alpha value is -0.950. The fraction of sp³-hybridized carbons (Fsp3) is 0.643. The van der Waals surface area contributed by atoms with E-state index in [4.69, 9.17) is 4.74 Å². The predicted octanol–water partition coefficient (Wildman–Crippen LogP) is 0.901. The van der Waals surface area contributed by atoms with Gasteiger partial charge in [0.1, 0.15) is 6.17 Å². The summed E-state index contributed by atoms with van der Waals surface area (Å²) in [4.78, 5) is 17.6. The maximum absolute atomic E-state index is 12.0. The highest BCUT2D eigenvalue weighted by Crippen LogP contribution is 2.26. The predicted molar refractivity (Wildman–Crippen MR) is 78.7 cm³/mol. The second kappa shape index (κ2) is 6.67. The van der Waals surface area contributed by atoms with Crippen molar-refractivity contribution in [3.63, 3.8) is 0 Å². The van der Waals surface area contributed by atoms with Crippen LogP contribution >= 0.6 is 11.3 Å². The minimum Gasteiger partial charge on any atom is -0.379 e. The Morgan fingerprint density at radius 3 is 2.95 bits per heavy atom. The quantitative estimate of drug-likeness (QED) is 0.877. The standard InChI is InChI=1S/C14H21N3O2S/c18-13-11-15-14(12-3-1-10-20-12)17(13)5-2-4-16-6-8-19-9-7-16/h1,3,10,14-15H,2,4-9,11H2. The molecular formula is C14H21N3O2S. The summed E-state index contributed by atoms with van der Waals surface area (Å²) < 4.78 is 5.35. The molecule has 1 atom stereocenters. The molecule has 0 radical (unpaired) electrons. The van der Waals surface area contributed by atoms with Crippen LogP contribution in [0.4, 0.5) is 0 Å². The van der Waals surface area contributed by atoms with Gasteiger partial charge in [-0.05, 0) is 17.9 Å². The average Bonchev–Trinajstić information content (AvgIpc) is 3.11. The van der Waals surface area contributed by atoms with Crippen LogP contribution in [0.5, 0.6) is 0 Å². The minimum absolute atomic E-state index is 0.0761. The number of carbonyl (C=O) groups is 1. The molecule has 1 aromatic heterocycles. The van der Waals surface area contributed by atoms with E-state index < -0.39 is 0 Å². The number of morpholine rings is 1. The van der Waals surface area contributed by atoms with E-state index in [0.29, 0.717) is 6.54 Å². The maximum atomic E-state index is 12.0. The van der Waals surface area contributed by atoms with Gasteiger partial charge in [-0.1, -0.05) is 6.07 Å². The van der Waals surface area contributed by atoms with Crippen LogP contribution in [0.3, 0.4) is 0 Å². The maximum Gasteiger partial charge on any atom is 0.238 e. The second-order valence-corrected chi connectivity index (χ2v) is 6.17. The van der Waals surface area contributed by atoms with Gasteiger partial charge in [-0.25, -0.2) is 0 Å². The van der Waals surface area contributed by atoms with Crippen molar-refractivity contribution in [2.24, 2.45) is 0 Å². The number of ether oxygens (including phenoxy) is 1. The number of thiophene rings is 1. The third kappa shape index (κ3) is 3.20. The van der Waals surface area contributed by atoms with Crippen molar-refractivity contribution in [1.29, 1.82) is 0 Å². The molecule has 3 rings (SSSR count). The fourth-order valence-corrected chi connectivity index (χ4v) is 3.59. The van der Waals surface area contributed by atoms with Crippen molar-refractivity contribution in [3.8, 4) is 0 Å². The highest BCUT2D eigenvalue weighted by Gasteiger charge is 2.31. The van der Waals surface area contributed by atoms with E-state index in [-0.39, 0.29) is 12.1 Å². The summed E-state index contributed by atoms with van der Waals surface area (Å²) in [5, 5.41) is 5.36. The van der Waals surface area contributed by atoms with E-state index in [0.717, 1.165) is 45.8 Å². The Kier molecular flexibility index (Phi) is 4.67. The molecule has 20 heavy (non-hydrogen) atoms. The number of carbonyl (C=O) groups excluding carboxylic acids is 1. The van der Waals surface area contributed by atoms with Crippen molar-refractivity contribution in [1.82, 2.24) is 15.1 Å². The van der Waals surface area contributed by atoms with E-state index in [2.05, 4.69) is 21.7 Å². The summed E-state index contributed by atoms with van der Waals surface area (Å²) in [5.74, 6) is 0.213. The molecule has 1 N–H and O–H groups in total. The van der Waals surface area contributed by atoms with Crippen molar-refractivity contribution < 1.29 is 9.53 Å². The van der Waals surface area contributed by atoms with Crippen LogP contribution in [0, 0.1) is 0 Å². The van der Waals surface area contributed by atoms with Crippen LogP contribution in [-0.2, 0) is 9.53 Å². The molecule has 2 aliphatic heterocycles. The topological polar surface area (TPSA) is 44.8 Å². The Bertz CT molecular complexity index is 432. The van der Waals surface area contributed by atoms with E-state index in [1.165, 1.54) is 4.88 Å².